The number of rotatable bonds is 10. The quantitative estimate of drug-likeness (QED) is 0.369. The zero-order chi connectivity index (χ0) is 23.5. The topological polar surface area (TPSA) is 63.2 Å². The van der Waals surface area contributed by atoms with Gasteiger partial charge in [-0.2, -0.15) is 0 Å². The van der Waals surface area contributed by atoms with E-state index in [-0.39, 0.29) is 17.6 Å². The zero-order valence-corrected chi connectivity index (χ0v) is 21.6. The lowest BCUT2D eigenvalue weighted by Crippen LogP contribution is -2.58. The predicted molar refractivity (Wildman–Crippen MR) is 124 cm³/mol. The third kappa shape index (κ3) is 6.39. The molecule has 0 aliphatic carbocycles. The maximum Gasteiger partial charge on any atom is 0.192 e. The summed E-state index contributed by atoms with van der Waals surface area (Å²) >= 11 is 0. The van der Waals surface area contributed by atoms with Crippen molar-refractivity contribution >= 4 is 14.6 Å². The first-order valence-corrected chi connectivity index (χ1v) is 13.8. The average molecular weight is 453 g/mol. The van der Waals surface area contributed by atoms with Crippen LogP contribution in [0, 0.1) is 5.92 Å². The van der Waals surface area contributed by atoms with E-state index in [1.165, 1.54) is 0 Å². The Hall–Kier alpha value is -1.25. The predicted octanol–water partition coefficient (Wildman–Crippen LogP) is 4.96. The maximum atomic E-state index is 12.3. The highest BCUT2D eigenvalue weighted by molar-refractivity contribution is 6.74. The van der Waals surface area contributed by atoms with Crippen LogP contribution in [0.3, 0.4) is 0 Å². The summed E-state index contributed by atoms with van der Waals surface area (Å²) in [5.41, 5.74) is -0.0939. The van der Waals surface area contributed by atoms with Gasteiger partial charge in [-0.1, -0.05) is 39.8 Å². The molecule has 1 fully saturated rings. The van der Waals surface area contributed by atoms with Crippen LogP contribution in [0.15, 0.2) is 24.3 Å². The Bertz CT molecular complexity index is 725. The van der Waals surface area contributed by atoms with E-state index in [2.05, 4.69) is 33.9 Å². The third-order valence-electron chi connectivity index (χ3n) is 6.32. The molecule has 6 nitrogen and oxygen atoms in total. The molecule has 1 aromatic rings. The van der Waals surface area contributed by atoms with Gasteiger partial charge in [-0.15, -0.1) is 0 Å². The van der Waals surface area contributed by atoms with E-state index in [0.29, 0.717) is 13.2 Å². The highest BCUT2D eigenvalue weighted by Gasteiger charge is 2.55. The second kappa shape index (κ2) is 9.71. The van der Waals surface area contributed by atoms with Gasteiger partial charge in [-0.3, -0.25) is 4.79 Å². The molecule has 1 saturated heterocycles. The lowest BCUT2D eigenvalue weighted by Gasteiger charge is -2.45. The molecule has 0 amide bonds. The van der Waals surface area contributed by atoms with Crippen molar-refractivity contribution in [3.05, 3.63) is 29.8 Å². The molecule has 0 N–H and O–H groups in total. The van der Waals surface area contributed by atoms with Crippen LogP contribution in [0.1, 0.15) is 47.1 Å². The fourth-order valence-corrected chi connectivity index (χ4v) is 4.85. The molecule has 1 heterocycles. The highest BCUT2D eigenvalue weighted by Crippen LogP contribution is 2.43. The van der Waals surface area contributed by atoms with Gasteiger partial charge in [0.25, 0.3) is 0 Å². The lowest BCUT2D eigenvalue weighted by molar-refractivity contribution is -0.188. The van der Waals surface area contributed by atoms with Crippen molar-refractivity contribution in [1.29, 1.82) is 0 Å². The lowest BCUT2D eigenvalue weighted by atomic mass is 9.90. The molecule has 0 unspecified atom stereocenters. The van der Waals surface area contributed by atoms with E-state index in [1.807, 2.05) is 45.0 Å². The van der Waals surface area contributed by atoms with Crippen molar-refractivity contribution in [2.75, 3.05) is 20.3 Å². The first-order chi connectivity index (χ1) is 14.3. The van der Waals surface area contributed by atoms with Crippen molar-refractivity contribution in [2.45, 2.75) is 83.8 Å². The standard InChI is InChI=1S/C24H40O6Si/c1-18(14-27-15-19-10-12-20(26-7)13-11-19)21(29-31(8,9)22(2,3)4)24(16-25)17-28-23(5,6)30-24/h10-13,16,18,21H,14-15,17H2,1-9H3/t18-,21-,24+/m1/s1. The van der Waals surface area contributed by atoms with Gasteiger partial charge in [0, 0.05) is 5.92 Å². The summed E-state index contributed by atoms with van der Waals surface area (Å²) in [6.45, 7) is 17.7. The number of carbonyl (C=O) groups excluding carboxylic acids is 1. The molecule has 0 saturated carbocycles. The molecule has 176 valence electrons. The second-order valence-corrected chi connectivity index (χ2v) is 15.3. The summed E-state index contributed by atoms with van der Waals surface area (Å²) in [4.78, 5) is 12.3. The fourth-order valence-electron chi connectivity index (χ4n) is 3.43. The number of ether oxygens (including phenoxy) is 4. The van der Waals surface area contributed by atoms with E-state index in [9.17, 15) is 4.79 Å². The minimum Gasteiger partial charge on any atom is -0.497 e. The van der Waals surface area contributed by atoms with Crippen LogP contribution >= 0.6 is 0 Å². The fraction of sp³-hybridized carbons (Fsp3) is 0.708. The molecule has 3 atom stereocenters. The Morgan fingerprint density at radius 1 is 1.19 bits per heavy atom. The number of aldehydes is 1. The van der Waals surface area contributed by atoms with Crippen LogP contribution < -0.4 is 4.74 Å². The van der Waals surface area contributed by atoms with Crippen LogP contribution in [0.25, 0.3) is 0 Å². The van der Waals surface area contributed by atoms with Gasteiger partial charge in [0.15, 0.2) is 26.0 Å². The summed E-state index contributed by atoms with van der Waals surface area (Å²) in [7, 11) is -0.538. The third-order valence-corrected chi connectivity index (χ3v) is 10.8. The van der Waals surface area contributed by atoms with Crippen LogP contribution in [0.2, 0.25) is 18.1 Å². The Labute approximate surface area is 188 Å². The summed E-state index contributed by atoms with van der Waals surface area (Å²) in [5.74, 6) is -0.0939. The van der Waals surface area contributed by atoms with E-state index in [1.54, 1.807) is 7.11 Å². The smallest absolute Gasteiger partial charge is 0.192 e. The Morgan fingerprint density at radius 2 is 1.81 bits per heavy atom. The molecule has 7 heteroatoms. The van der Waals surface area contributed by atoms with Gasteiger partial charge in [0.2, 0.25) is 0 Å². The van der Waals surface area contributed by atoms with Crippen molar-refractivity contribution in [3.8, 4) is 5.75 Å². The average Bonchev–Trinajstić information content (AvgIpc) is 3.01. The van der Waals surface area contributed by atoms with Crippen LogP contribution in [-0.4, -0.2) is 52.4 Å². The van der Waals surface area contributed by atoms with E-state index < -0.39 is 25.8 Å². The SMILES string of the molecule is COc1ccc(COC[C@@H](C)[C@@H](O[Si](C)(C)C(C)(C)C)[C@]2(C=O)COC(C)(C)O2)cc1. The molecular formula is C24H40O6Si. The van der Waals surface area contributed by atoms with Gasteiger partial charge < -0.3 is 23.4 Å². The molecule has 0 bridgehead atoms. The highest BCUT2D eigenvalue weighted by atomic mass is 28.4. The van der Waals surface area contributed by atoms with Crippen molar-refractivity contribution in [2.24, 2.45) is 5.92 Å². The Kier molecular flexibility index (Phi) is 8.14. The Morgan fingerprint density at radius 3 is 2.26 bits per heavy atom. The van der Waals surface area contributed by atoms with E-state index in [0.717, 1.165) is 17.6 Å². The van der Waals surface area contributed by atoms with Gasteiger partial charge >= 0.3 is 0 Å². The molecule has 0 aromatic heterocycles. The molecule has 31 heavy (non-hydrogen) atoms. The van der Waals surface area contributed by atoms with Crippen molar-refractivity contribution in [3.63, 3.8) is 0 Å². The number of hydrogen-bond acceptors (Lipinski definition) is 6. The maximum absolute atomic E-state index is 12.3. The molecular weight excluding hydrogens is 412 g/mol. The van der Waals surface area contributed by atoms with Crippen LogP contribution in [0.5, 0.6) is 5.75 Å². The molecule has 1 aliphatic heterocycles. The molecule has 0 spiro atoms. The van der Waals surface area contributed by atoms with Gasteiger partial charge in [-0.25, -0.2) is 0 Å². The monoisotopic (exact) mass is 452 g/mol. The van der Waals surface area contributed by atoms with E-state index >= 15 is 0 Å². The second-order valence-electron chi connectivity index (χ2n) is 10.5. The summed E-state index contributed by atoms with van der Waals surface area (Å²) in [5, 5.41) is -0.00598. The number of carbonyl (C=O) groups is 1. The summed E-state index contributed by atoms with van der Waals surface area (Å²) in [6, 6.07) is 7.80. The van der Waals surface area contributed by atoms with Gasteiger partial charge in [0.1, 0.15) is 5.75 Å². The minimum absolute atomic E-state index is 0.00598. The van der Waals surface area contributed by atoms with Crippen LogP contribution in [-0.2, 0) is 30.0 Å². The normalized spacial score (nSPS) is 23.4. The number of hydrogen-bond donors (Lipinski definition) is 0. The van der Waals surface area contributed by atoms with Crippen molar-refractivity contribution < 1.29 is 28.2 Å². The zero-order valence-electron chi connectivity index (χ0n) is 20.6. The number of methoxy groups -OCH3 is 1. The molecule has 2 rings (SSSR count). The first-order valence-electron chi connectivity index (χ1n) is 10.9. The van der Waals surface area contributed by atoms with Crippen LogP contribution in [0.4, 0.5) is 0 Å². The molecule has 1 aromatic carbocycles. The summed E-state index contributed by atoms with van der Waals surface area (Å²) < 4.78 is 30.0. The molecule has 0 radical (unpaired) electrons. The molecule has 1 aliphatic rings. The van der Waals surface area contributed by atoms with Crippen molar-refractivity contribution in [1.82, 2.24) is 0 Å². The first kappa shape index (κ1) is 26.0. The summed E-state index contributed by atoms with van der Waals surface area (Å²) in [6.07, 6.45) is 0.392. The largest absolute Gasteiger partial charge is 0.497 e. The Balaban J connectivity index is 2.17. The van der Waals surface area contributed by atoms with Gasteiger partial charge in [0.05, 0.1) is 33.0 Å². The van der Waals surface area contributed by atoms with E-state index in [4.69, 9.17) is 23.4 Å². The minimum atomic E-state index is -2.19. The number of benzene rings is 1. The van der Waals surface area contributed by atoms with Gasteiger partial charge in [-0.05, 0) is 49.7 Å².